The van der Waals surface area contributed by atoms with Crippen LogP contribution in [0, 0.1) is 0 Å². The second kappa shape index (κ2) is 6.90. The van der Waals surface area contributed by atoms with E-state index in [4.69, 9.17) is 4.74 Å². The molecule has 102 valence electrons. The molecule has 2 aliphatic rings. The molecule has 1 unspecified atom stereocenters. The van der Waals surface area contributed by atoms with E-state index in [1.54, 1.807) is 6.08 Å². The molecule has 4 heteroatoms. The van der Waals surface area contributed by atoms with Crippen molar-refractivity contribution in [1.29, 1.82) is 0 Å². The number of ether oxygens (including phenoxy) is 1. The maximum atomic E-state index is 11.2. The summed E-state index contributed by atoms with van der Waals surface area (Å²) >= 11 is 0. The number of nitrogens with one attached hydrogen (secondary N) is 1. The lowest BCUT2D eigenvalue weighted by Crippen LogP contribution is -2.38. The van der Waals surface area contributed by atoms with Gasteiger partial charge in [0.25, 0.3) is 0 Å². The molecule has 0 aromatic carbocycles. The number of esters is 1. The molecule has 2 rings (SSSR count). The van der Waals surface area contributed by atoms with E-state index in [-0.39, 0.29) is 5.97 Å². The predicted molar refractivity (Wildman–Crippen MR) is 71.4 cm³/mol. The SMILES string of the molecule is CCOC(=O)/C=C/CN(CC1CCCN1)C1CC1. The molecule has 1 aliphatic heterocycles. The Kier molecular flexibility index (Phi) is 5.20. The molecule has 2 fully saturated rings. The van der Waals surface area contributed by atoms with Crippen molar-refractivity contribution in [3.8, 4) is 0 Å². The lowest BCUT2D eigenvalue weighted by Gasteiger charge is -2.24. The first-order valence-corrected chi connectivity index (χ1v) is 7.10. The standard InChI is InChI=1S/C14H24N2O2/c1-2-18-14(17)6-4-10-16(13-7-8-13)11-12-5-3-9-15-12/h4,6,12-13,15H,2-3,5,7-11H2,1H3/b6-4+. The average Bonchev–Trinajstić information content (AvgIpc) is 3.07. The third-order valence-corrected chi connectivity index (χ3v) is 3.56. The fraction of sp³-hybridized carbons (Fsp3) is 0.786. The summed E-state index contributed by atoms with van der Waals surface area (Å²) < 4.78 is 4.88. The quantitative estimate of drug-likeness (QED) is 0.548. The third kappa shape index (κ3) is 4.42. The molecule has 1 heterocycles. The zero-order chi connectivity index (χ0) is 12.8. The smallest absolute Gasteiger partial charge is 0.330 e. The van der Waals surface area contributed by atoms with Crippen molar-refractivity contribution in [2.75, 3.05) is 26.2 Å². The molecule has 1 N–H and O–H groups in total. The number of carbonyl (C=O) groups is 1. The van der Waals surface area contributed by atoms with Crippen molar-refractivity contribution in [3.05, 3.63) is 12.2 Å². The summed E-state index contributed by atoms with van der Waals surface area (Å²) in [6, 6.07) is 1.38. The highest BCUT2D eigenvalue weighted by Crippen LogP contribution is 2.27. The lowest BCUT2D eigenvalue weighted by atomic mass is 10.2. The Bertz CT molecular complexity index is 294. The summed E-state index contributed by atoms with van der Waals surface area (Å²) in [5.74, 6) is -0.229. The summed E-state index contributed by atoms with van der Waals surface area (Å²) in [5.41, 5.74) is 0. The summed E-state index contributed by atoms with van der Waals surface area (Å²) in [5, 5.41) is 3.53. The molecule has 1 saturated heterocycles. The predicted octanol–water partition coefficient (Wildman–Crippen LogP) is 1.32. The normalized spacial score (nSPS) is 24.0. The number of carbonyl (C=O) groups excluding carboxylic acids is 1. The minimum Gasteiger partial charge on any atom is -0.463 e. The van der Waals surface area contributed by atoms with Gasteiger partial charge in [-0.3, -0.25) is 4.90 Å². The van der Waals surface area contributed by atoms with Crippen LogP contribution >= 0.6 is 0 Å². The molecular formula is C14H24N2O2. The fourth-order valence-corrected chi connectivity index (χ4v) is 2.48. The second-order valence-electron chi connectivity index (χ2n) is 5.13. The first-order chi connectivity index (χ1) is 8.79. The van der Waals surface area contributed by atoms with Gasteiger partial charge in [-0.25, -0.2) is 4.79 Å². The van der Waals surface area contributed by atoms with E-state index in [9.17, 15) is 4.79 Å². The highest BCUT2D eigenvalue weighted by Gasteiger charge is 2.30. The van der Waals surface area contributed by atoms with E-state index in [0.29, 0.717) is 12.6 Å². The first kappa shape index (κ1) is 13.6. The molecule has 1 atom stereocenters. The maximum Gasteiger partial charge on any atom is 0.330 e. The van der Waals surface area contributed by atoms with Crippen molar-refractivity contribution in [2.24, 2.45) is 0 Å². The largest absolute Gasteiger partial charge is 0.463 e. The molecule has 1 saturated carbocycles. The topological polar surface area (TPSA) is 41.6 Å². The lowest BCUT2D eigenvalue weighted by molar-refractivity contribution is -0.137. The van der Waals surface area contributed by atoms with Crippen LogP contribution in [-0.4, -0.2) is 49.2 Å². The second-order valence-corrected chi connectivity index (χ2v) is 5.13. The average molecular weight is 252 g/mol. The Morgan fingerprint density at radius 2 is 2.28 bits per heavy atom. The Hall–Kier alpha value is -0.870. The van der Waals surface area contributed by atoms with Crippen LogP contribution in [0.1, 0.15) is 32.6 Å². The summed E-state index contributed by atoms with van der Waals surface area (Å²) in [7, 11) is 0. The van der Waals surface area contributed by atoms with E-state index in [0.717, 1.165) is 25.7 Å². The van der Waals surface area contributed by atoms with Crippen LogP contribution in [0.15, 0.2) is 12.2 Å². The van der Waals surface area contributed by atoms with Crippen LogP contribution in [0.5, 0.6) is 0 Å². The molecule has 0 amide bonds. The van der Waals surface area contributed by atoms with Crippen LogP contribution in [-0.2, 0) is 9.53 Å². The third-order valence-electron chi connectivity index (χ3n) is 3.56. The molecule has 0 aromatic heterocycles. The van der Waals surface area contributed by atoms with Gasteiger partial charge in [-0.05, 0) is 39.2 Å². The molecule has 0 bridgehead atoms. The fourth-order valence-electron chi connectivity index (χ4n) is 2.48. The zero-order valence-electron chi connectivity index (χ0n) is 11.2. The summed E-state index contributed by atoms with van der Waals surface area (Å²) in [4.78, 5) is 13.7. The van der Waals surface area contributed by atoms with E-state index >= 15 is 0 Å². The summed E-state index contributed by atoms with van der Waals surface area (Å²) in [6.07, 6.45) is 8.68. The highest BCUT2D eigenvalue weighted by molar-refractivity contribution is 5.81. The van der Waals surface area contributed by atoms with Crippen LogP contribution in [0.3, 0.4) is 0 Å². The van der Waals surface area contributed by atoms with Crippen LogP contribution in [0.2, 0.25) is 0 Å². The first-order valence-electron chi connectivity index (χ1n) is 7.10. The van der Waals surface area contributed by atoms with Gasteiger partial charge in [0, 0.05) is 31.2 Å². The van der Waals surface area contributed by atoms with Crippen molar-refractivity contribution in [1.82, 2.24) is 10.2 Å². The van der Waals surface area contributed by atoms with E-state index in [1.165, 1.54) is 25.7 Å². The molecule has 1 aliphatic carbocycles. The Labute approximate surface area is 109 Å². The van der Waals surface area contributed by atoms with Crippen LogP contribution < -0.4 is 5.32 Å². The van der Waals surface area contributed by atoms with Gasteiger partial charge in [0.1, 0.15) is 0 Å². The number of hydrogen-bond acceptors (Lipinski definition) is 4. The number of hydrogen-bond donors (Lipinski definition) is 1. The Morgan fingerprint density at radius 3 is 2.89 bits per heavy atom. The van der Waals surface area contributed by atoms with E-state index in [2.05, 4.69) is 10.2 Å². The van der Waals surface area contributed by atoms with Crippen molar-refractivity contribution in [2.45, 2.75) is 44.7 Å². The molecule has 0 spiro atoms. The van der Waals surface area contributed by atoms with Crippen molar-refractivity contribution < 1.29 is 9.53 Å². The molecule has 18 heavy (non-hydrogen) atoms. The zero-order valence-corrected chi connectivity index (χ0v) is 11.2. The van der Waals surface area contributed by atoms with Gasteiger partial charge < -0.3 is 10.1 Å². The van der Waals surface area contributed by atoms with Crippen molar-refractivity contribution in [3.63, 3.8) is 0 Å². The minimum atomic E-state index is -0.229. The maximum absolute atomic E-state index is 11.2. The van der Waals surface area contributed by atoms with Gasteiger partial charge in [-0.2, -0.15) is 0 Å². The Morgan fingerprint density at radius 1 is 1.44 bits per heavy atom. The molecule has 0 aromatic rings. The van der Waals surface area contributed by atoms with Crippen LogP contribution in [0.4, 0.5) is 0 Å². The Balaban J connectivity index is 1.73. The van der Waals surface area contributed by atoms with Gasteiger partial charge in [0.15, 0.2) is 0 Å². The van der Waals surface area contributed by atoms with E-state index in [1.807, 2.05) is 13.0 Å². The monoisotopic (exact) mass is 252 g/mol. The van der Waals surface area contributed by atoms with Gasteiger partial charge in [-0.15, -0.1) is 0 Å². The number of rotatable bonds is 7. The van der Waals surface area contributed by atoms with Gasteiger partial charge in [-0.1, -0.05) is 6.08 Å². The summed E-state index contributed by atoms with van der Waals surface area (Å²) in [6.45, 7) is 5.40. The van der Waals surface area contributed by atoms with Gasteiger partial charge in [0.05, 0.1) is 6.61 Å². The van der Waals surface area contributed by atoms with Gasteiger partial charge in [0.2, 0.25) is 0 Å². The highest BCUT2D eigenvalue weighted by atomic mass is 16.5. The molecule has 0 radical (unpaired) electrons. The molecular weight excluding hydrogens is 228 g/mol. The minimum absolute atomic E-state index is 0.229. The van der Waals surface area contributed by atoms with Crippen molar-refractivity contribution >= 4 is 5.97 Å². The van der Waals surface area contributed by atoms with Gasteiger partial charge >= 0.3 is 5.97 Å². The van der Waals surface area contributed by atoms with E-state index < -0.39 is 0 Å². The molecule has 4 nitrogen and oxygen atoms in total. The van der Waals surface area contributed by atoms with Crippen LogP contribution in [0.25, 0.3) is 0 Å². The number of nitrogens with zero attached hydrogens (tertiary/aromatic N) is 1.